The van der Waals surface area contributed by atoms with Crippen LogP contribution < -0.4 is 10.2 Å². The molecule has 0 aliphatic carbocycles. The van der Waals surface area contributed by atoms with Gasteiger partial charge in [-0.15, -0.1) is 11.3 Å². The van der Waals surface area contributed by atoms with E-state index in [2.05, 4.69) is 19.2 Å². The van der Waals surface area contributed by atoms with Gasteiger partial charge >= 0.3 is 0 Å². The van der Waals surface area contributed by atoms with Crippen LogP contribution in [0, 0.1) is 0 Å². The van der Waals surface area contributed by atoms with Crippen LogP contribution in [0.5, 0.6) is 0 Å². The topological polar surface area (TPSA) is 46.4 Å². The predicted molar refractivity (Wildman–Crippen MR) is 104 cm³/mol. The first kappa shape index (κ1) is 17.6. The molecule has 0 unspecified atom stereocenters. The number of fused-ring (bicyclic) bond motifs is 1. The van der Waals surface area contributed by atoms with E-state index in [0.717, 1.165) is 41.1 Å². The number of likely N-dealkylation sites (N-methyl/N-ethyl adjacent to an activating group) is 1. The summed E-state index contributed by atoms with van der Waals surface area (Å²) in [5, 5.41) is 6.00. The van der Waals surface area contributed by atoms with Crippen LogP contribution in [0.15, 0.2) is 47.8 Å². The largest absolute Gasteiger partial charge is 0.346 e. The van der Waals surface area contributed by atoms with Crippen molar-refractivity contribution in [3.05, 3.63) is 53.4 Å². The third kappa shape index (κ3) is 4.06. The standard InChI is InChI=1S/C20H23N3OS/c1-3-23(4-2)12-11-21-20(24)16-14-18(19-10-7-13-25-19)22-17-9-6-5-8-15(16)17/h5-10,13-14H,3-4,11-12H2,1-2H3,(H,21,24)/p+1. The summed E-state index contributed by atoms with van der Waals surface area (Å²) in [6, 6.07) is 13.8. The molecule has 0 saturated carbocycles. The minimum Gasteiger partial charge on any atom is -0.346 e. The lowest BCUT2D eigenvalue weighted by Gasteiger charge is -2.16. The third-order valence-electron chi connectivity index (χ3n) is 4.50. The van der Waals surface area contributed by atoms with E-state index >= 15 is 0 Å². The van der Waals surface area contributed by atoms with E-state index in [1.807, 2.05) is 47.8 Å². The molecule has 4 nitrogen and oxygen atoms in total. The number of carbonyl (C=O) groups excluding carboxylic acids is 1. The summed E-state index contributed by atoms with van der Waals surface area (Å²) in [5.74, 6) is -0.0250. The first-order valence-electron chi connectivity index (χ1n) is 8.78. The summed E-state index contributed by atoms with van der Waals surface area (Å²) >= 11 is 1.64. The van der Waals surface area contributed by atoms with Gasteiger partial charge in [-0.05, 0) is 37.4 Å². The van der Waals surface area contributed by atoms with Crippen LogP contribution >= 0.6 is 11.3 Å². The van der Waals surface area contributed by atoms with Crippen molar-refractivity contribution in [2.24, 2.45) is 0 Å². The number of pyridine rings is 1. The molecular formula is C20H24N3OS+. The van der Waals surface area contributed by atoms with E-state index in [9.17, 15) is 4.79 Å². The zero-order valence-electron chi connectivity index (χ0n) is 14.7. The van der Waals surface area contributed by atoms with Gasteiger partial charge in [-0.3, -0.25) is 4.79 Å². The maximum atomic E-state index is 12.8. The maximum absolute atomic E-state index is 12.8. The number of thiophene rings is 1. The fraction of sp³-hybridized carbons (Fsp3) is 0.300. The van der Waals surface area contributed by atoms with Crippen LogP contribution in [0.3, 0.4) is 0 Å². The van der Waals surface area contributed by atoms with Crippen LogP contribution in [0.1, 0.15) is 24.2 Å². The molecule has 0 atom stereocenters. The molecule has 130 valence electrons. The second kappa shape index (κ2) is 8.23. The molecule has 3 aromatic rings. The second-order valence-electron chi connectivity index (χ2n) is 6.01. The second-order valence-corrected chi connectivity index (χ2v) is 6.96. The number of amides is 1. The van der Waals surface area contributed by atoms with Crippen molar-refractivity contribution in [3.63, 3.8) is 0 Å². The smallest absolute Gasteiger partial charge is 0.252 e. The van der Waals surface area contributed by atoms with Crippen LogP contribution in [0.4, 0.5) is 0 Å². The molecule has 2 N–H and O–H groups in total. The van der Waals surface area contributed by atoms with Crippen molar-refractivity contribution in [1.82, 2.24) is 10.3 Å². The number of hydrogen-bond acceptors (Lipinski definition) is 3. The molecule has 0 radical (unpaired) electrons. The molecule has 0 spiro atoms. The summed E-state index contributed by atoms with van der Waals surface area (Å²) in [7, 11) is 0. The number of para-hydroxylation sites is 1. The Bertz CT molecular complexity index is 841. The Morgan fingerprint density at radius 1 is 1.16 bits per heavy atom. The highest BCUT2D eigenvalue weighted by Gasteiger charge is 2.14. The number of carbonyl (C=O) groups is 1. The molecule has 5 heteroatoms. The highest BCUT2D eigenvalue weighted by molar-refractivity contribution is 7.13. The van der Waals surface area contributed by atoms with Crippen molar-refractivity contribution in [2.75, 3.05) is 26.2 Å². The van der Waals surface area contributed by atoms with Gasteiger partial charge in [0.1, 0.15) is 0 Å². The zero-order chi connectivity index (χ0) is 17.6. The van der Waals surface area contributed by atoms with Crippen molar-refractivity contribution in [1.29, 1.82) is 0 Å². The van der Waals surface area contributed by atoms with Crippen LogP contribution in [0.25, 0.3) is 21.5 Å². The summed E-state index contributed by atoms with van der Waals surface area (Å²) in [6.45, 7) is 8.12. The minimum absolute atomic E-state index is 0.0250. The summed E-state index contributed by atoms with van der Waals surface area (Å²) < 4.78 is 0. The molecule has 1 aromatic carbocycles. The molecule has 0 aliphatic heterocycles. The summed E-state index contributed by atoms with van der Waals surface area (Å²) in [6.07, 6.45) is 0. The van der Waals surface area contributed by atoms with E-state index in [-0.39, 0.29) is 5.91 Å². The Morgan fingerprint density at radius 3 is 2.68 bits per heavy atom. The minimum atomic E-state index is -0.0250. The Balaban J connectivity index is 1.87. The van der Waals surface area contributed by atoms with Gasteiger partial charge in [0.05, 0.1) is 47.8 Å². The van der Waals surface area contributed by atoms with Crippen molar-refractivity contribution >= 4 is 28.1 Å². The van der Waals surface area contributed by atoms with Crippen LogP contribution in [0.2, 0.25) is 0 Å². The molecule has 3 rings (SSSR count). The average Bonchev–Trinajstić information content (AvgIpc) is 3.19. The fourth-order valence-electron chi connectivity index (χ4n) is 2.97. The normalized spacial score (nSPS) is 11.2. The molecule has 2 heterocycles. The highest BCUT2D eigenvalue weighted by atomic mass is 32.1. The zero-order valence-corrected chi connectivity index (χ0v) is 15.5. The van der Waals surface area contributed by atoms with Gasteiger partial charge in [-0.25, -0.2) is 4.98 Å². The number of nitrogens with zero attached hydrogens (tertiary/aromatic N) is 1. The Morgan fingerprint density at radius 2 is 1.96 bits per heavy atom. The SMILES string of the molecule is CC[NH+](CC)CCNC(=O)c1cc(-c2cccs2)nc2ccccc12. The maximum Gasteiger partial charge on any atom is 0.252 e. The fourth-order valence-corrected chi connectivity index (χ4v) is 3.65. The lowest BCUT2D eigenvalue weighted by atomic mass is 10.1. The third-order valence-corrected chi connectivity index (χ3v) is 5.39. The van der Waals surface area contributed by atoms with E-state index in [1.54, 1.807) is 11.3 Å². The van der Waals surface area contributed by atoms with Gasteiger partial charge in [0.25, 0.3) is 5.91 Å². The Labute approximate surface area is 152 Å². The lowest BCUT2D eigenvalue weighted by molar-refractivity contribution is -0.895. The molecule has 2 aromatic heterocycles. The Kier molecular flexibility index (Phi) is 5.79. The monoisotopic (exact) mass is 354 g/mol. The number of aromatic nitrogens is 1. The number of rotatable bonds is 7. The van der Waals surface area contributed by atoms with E-state index in [0.29, 0.717) is 12.1 Å². The molecule has 25 heavy (non-hydrogen) atoms. The van der Waals surface area contributed by atoms with Gasteiger partial charge in [0, 0.05) is 5.39 Å². The van der Waals surface area contributed by atoms with E-state index in [4.69, 9.17) is 4.98 Å². The molecule has 0 fully saturated rings. The molecule has 1 amide bonds. The number of benzene rings is 1. The van der Waals surface area contributed by atoms with Gasteiger partial charge in [-0.2, -0.15) is 0 Å². The average molecular weight is 354 g/mol. The highest BCUT2D eigenvalue weighted by Crippen LogP contribution is 2.27. The van der Waals surface area contributed by atoms with Gasteiger partial charge in [-0.1, -0.05) is 24.3 Å². The quantitative estimate of drug-likeness (QED) is 0.685. The van der Waals surface area contributed by atoms with Crippen molar-refractivity contribution in [2.45, 2.75) is 13.8 Å². The predicted octanol–water partition coefficient (Wildman–Crippen LogP) is 2.62. The molecule has 0 aliphatic rings. The lowest BCUT2D eigenvalue weighted by Crippen LogP contribution is -3.12. The van der Waals surface area contributed by atoms with Crippen molar-refractivity contribution in [3.8, 4) is 10.6 Å². The van der Waals surface area contributed by atoms with E-state index < -0.39 is 0 Å². The van der Waals surface area contributed by atoms with Gasteiger partial charge < -0.3 is 10.2 Å². The molecule has 0 saturated heterocycles. The summed E-state index contributed by atoms with van der Waals surface area (Å²) in [4.78, 5) is 20.1. The molecule has 0 bridgehead atoms. The van der Waals surface area contributed by atoms with Crippen LogP contribution in [-0.2, 0) is 0 Å². The van der Waals surface area contributed by atoms with Crippen molar-refractivity contribution < 1.29 is 9.69 Å². The first-order valence-corrected chi connectivity index (χ1v) is 9.66. The number of hydrogen-bond donors (Lipinski definition) is 2. The summed E-state index contributed by atoms with van der Waals surface area (Å²) in [5.41, 5.74) is 2.41. The number of quaternary nitrogens is 1. The first-order chi connectivity index (χ1) is 12.2. The van der Waals surface area contributed by atoms with Gasteiger partial charge in [0.15, 0.2) is 0 Å². The van der Waals surface area contributed by atoms with Crippen LogP contribution in [-0.4, -0.2) is 37.1 Å². The van der Waals surface area contributed by atoms with Gasteiger partial charge in [0.2, 0.25) is 0 Å². The molecular weight excluding hydrogens is 330 g/mol. The van der Waals surface area contributed by atoms with E-state index in [1.165, 1.54) is 4.90 Å². The number of nitrogens with one attached hydrogen (secondary N) is 2. The Hall–Kier alpha value is -2.24.